The SMILES string of the molecule is CCS(=O)(=O)N1Cc2ccccc2CC1C(=O)NNC(=O)C(C)C. The third-order valence-electron chi connectivity index (χ3n) is 4.06. The Hall–Kier alpha value is -1.93. The van der Waals surface area contributed by atoms with Crippen molar-refractivity contribution in [1.82, 2.24) is 15.2 Å². The first-order chi connectivity index (χ1) is 11.3. The topological polar surface area (TPSA) is 95.6 Å². The Bertz CT molecular complexity index is 731. The second-order valence-corrected chi connectivity index (χ2v) is 8.28. The van der Waals surface area contributed by atoms with Crippen LogP contribution in [0.25, 0.3) is 0 Å². The van der Waals surface area contributed by atoms with E-state index >= 15 is 0 Å². The van der Waals surface area contributed by atoms with Crippen LogP contribution >= 0.6 is 0 Å². The maximum atomic E-state index is 12.5. The van der Waals surface area contributed by atoms with E-state index < -0.39 is 22.0 Å². The summed E-state index contributed by atoms with van der Waals surface area (Å²) in [6.07, 6.45) is 0.277. The van der Waals surface area contributed by atoms with E-state index in [1.165, 1.54) is 4.31 Å². The van der Waals surface area contributed by atoms with Crippen LogP contribution in [0.15, 0.2) is 24.3 Å². The fraction of sp³-hybridized carbons (Fsp3) is 0.500. The van der Waals surface area contributed by atoms with Gasteiger partial charge in [0.25, 0.3) is 5.91 Å². The molecule has 132 valence electrons. The number of carbonyl (C=O) groups excluding carboxylic acids is 2. The van der Waals surface area contributed by atoms with Crippen LogP contribution in [0.1, 0.15) is 31.9 Å². The molecule has 7 nitrogen and oxygen atoms in total. The number of nitrogens with one attached hydrogen (secondary N) is 2. The number of hydrazine groups is 1. The van der Waals surface area contributed by atoms with E-state index in [0.717, 1.165) is 11.1 Å². The summed E-state index contributed by atoms with van der Waals surface area (Å²) in [5, 5.41) is 0. The third-order valence-corrected chi connectivity index (χ3v) is 5.89. The van der Waals surface area contributed by atoms with Gasteiger partial charge in [-0.05, 0) is 24.5 Å². The molecule has 0 spiro atoms. The summed E-state index contributed by atoms with van der Waals surface area (Å²) in [7, 11) is -3.55. The first-order valence-corrected chi connectivity index (χ1v) is 9.53. The lowest BCUT2D eigenvalue weighted by molar-refractivity contribution is -0.132. The molecule has 0 saturated carbocycles. The van der Waals surface area contributed by atoms with Crippen molar-refractivity contribution in [1.29, 1.82) is 0 Å². The molecule has 2 N–H and O–H groups in total. The Labute approximate surface area is 142 Å². The molecule has 0 aromatic heterocycles. The van der Waals surface area contributed by atoms with Crippen LogP contribution in [0, 0.1) is 5.92 Å². The Morgan fingerprint density at radius 1 is 1.21 bits per heavy atom. The predicted octanol–water partition coefficient (Wildman–Crippen LogP) is 0.566. The van der Waals surface area contributed by atoms with E-state index in [1.807, 2.05) is 24.3 Å². The Kier molecular flexibility index (Phi) is 5.61. The quantitative estimate of drug-likeness (QED) is 0.774. The molecule has 0 bridgehead atoms. The summed E-state index contributed by atoms with van der Waals surface area (Å²) < 4.78 is 26.0. The second kappa shape index (κ2) is 7.31. The summed E-state index contributed by atoms with van der Waals surface area (Å²) >= 11 is 0. The molecule has 0 aliphatic carbocycles. The summed E-state index contributed by atoms with van der Waals surface area (Å²) in [6, 6.07) is 6.58. The fourth-order valence-electron chi connectivity index (χ4n) is 2.53. The molecule has 0 saturated heterocycles. The average Bonchev–Trinajstić information content (AvgIpc) is 2.57. The van der Waals surface area contributed by atoms with E-state index in [4.69, 9.17) is 0 Å². The zero-order chi connectivity index (χ0) is 17.9. The van der Waals surface area contributed by atoms with Gasteiger partial charge in [0.05, 0.1) is 5.75 Å². The molecule has 2 rings (SSSR count). The van der Waals surface area contributed by atoms with Gasteiger partial charge in [-0.15, -0.1) is 0 Å². The monoisotopic (exact) mass is 353 g/mol. The second-order valence-electron chi connectivity index (χ2n) is 6.07. The highest BCUT2D eigenvalue weighted by Crippen LogP contribution is 2.26. The highest BCUT2D eigenvalue weighted by molar-refractivity contribution is 7.89. The molecule has 0 radical (unpaired) electrons. The van der Waals surface area contributed by atoms with Crippen LogP contribution in [-0.4, -0.2) is 36.3 Å². The van der Waals surface area contributed by atoms with Crippen LogP contribution in [0.2, 0.25) is 0 Å². The third kappa shape index (κ3) is 3.93. The number of fused-ring (bicyclic) bond motifs is 1. The van der Waals surface area contributed by atoms with Crippen molar-refractivity contribution >= 4 is 21.8 Å². The van der Waals surface area contributed by atoms with E-state index in [9.17, 15) is 18.0 Å². The first-order valence-electron chi connectivity index (χ1n) is 7.92. The van der Waals surface area contributed by atoms with Crippen molar-refractivity contribution in [3.63, 3.8) is 0 Å². The Morgan fingerprint density at radius 2 is 1.83 bits per heavy atom. The van der Waals surface area contributed by atoms with Crippen LogP contribution in [0.5, 0.6) is 0 Å². The van der Waals surface area contributed by atoms with Crippen LogP contribution in [0.3, 0.4) is 0 Å². The molecule has 1 heterocycles. The van der Waals surface area contributed by atoms with Crippen molar-refractivity contribution in [3.8, 4) is 0 Å². The molecular formula is C16H23N3O4S. The molecule has 1 aliphatic rings. The van der Waals surface area contributed by atoms with E-state index in [1.54, 1.807) is 20.8 Å². The minimum absolute atomic E-state index is 0.0860. The van der Waals surface area contributed by atoms with E-state index in [0.29, 0.717) is 0 Å². The van der Waals surface area contributed by atoms with Gasteiger partial charge < -0.3 is 0 Å². The lowest BCUT2D eigenvalue weighted by Gasteiger charge is -2.34. The normalized spacial score (nSPS) is 18.1. The Morgan fingerprint density at radius 3 is 2.42 bits per heavy atom. The number of nitrogens with zero attached hydrogens (tertiary/aromatic N) is 1. The minimum Gasteiger partial charge on any atom is -0.273 e. The largest absolute Gasteiger partial charge is 0.273 e. The van der Waals surface area contributed by atoms with Gasteiger partial charge in [0, 0.05) is 12.5 Å². The predicted molar refractivity (Wildman–Crippen MR) is 90.1 cm³/mol. The van der Waals surface area contributed by atoms with Crippen LogP contribution < -0.4 is 10.9 Å². The van der Waals surface area contributed by atoms with Gasteiger partial charge in [-0.2, -0.15) is 4.31 Å². The first kappa shape index (κ1) is 18.4. The average molecular weight is 353 g/mol. The van der Waals surface area contributed by atoms with Gasteiger partial charge in [0.1, 0.15) is 6.04 Å². The van der Waals surface area contributed by atoms with E-state index in [-0.39, 0.29) is 30.5 Å². The number of benzene rings is 1. The highest BCUT2D eigenvalue weighted by atomic mass is 32.2. The van der Waals surface area contributed by atoms with Gasteiger partial charge in [-0.3, -0.25) is 20.4 Å². The summed E-state index contributed by atoms with van der Waals surface area (Å²) in [4.78, 5) is 24.1. The maximum Gasteiger partial charge on any atom is 0.257 e. The summed E-state index contributed by atoms with van der Waals surface area (Å²) in [6.45, 7) is 5.10. The summed E-state index contributed by atoms with van der Waals surface area (Å²) in [5.74, 6) is -1.23. The van der Waals surface area contributed by atoms with Crippen LogP contribution in [-0.2, 0) is 32.6 Å². The van der Waals surface area contributed by atoms with Crippen LogP contribution in [0.4, 0.5) is 0 Å². The van der Waals surface area contributed by atoms with Gasteiger partial charge in [0.15, 0.2) is 0 Å². The zero-order valence-electron chi connectivity index (χ0n) is 14.1. The number of amides is 2. The molecule has 1 aliphatic heterocycles. The molecule has 1 unspecified atom stereocenters. The maximum absolute atomic E-state index is 12.5. The number of sulfonamides is 1. The summed E-state index contributed by atoms with van der Waals surface area (Å²) in [5.41, 5.74) is 6.51. The van der Waals surface area contributed by atoms with Gasteiger partial charge in [-0.25, -0.2) is 8.42 Å². The standard InChI is InChI=1S/C16H23N3O4S/c1-4-24(22,23)19-10-13-8-6-5-7-12(13)9-14(19)16(21)18-17-15(20)11(2)3/h5-8,11,14H,4,9-10H2,1-3H3,(H,17,20)(H,18,21). The molecule has 2 amide bonds. The zero-order valence-corrected chi connectivity index (χ0v) is 14.9. The number of rotatable bonds is 4. The molecule has 0 fully saturated rings. The van der Waals surface area contributed by atoms with Crippen molar-refractivity contribution in [2.45, 2.75) is 39.8 Å². The smallest absolute Gasteiger partial charge is 0.257 e. The minimum atomic E-state index is -3.55. The number of hydrogen-bond acceptors (Lipinski definition) is 4. The van der Waals surface area contributed by atoms with Crippen molar-refractivity contribution < 1.29 is 18.0 Å². The van der Waals surface area contributed by atoms with Gasteiger partial charge in [0.2, 0.25) is 15.9 Å². The lowest BCUT2D eigenvalue weighted by Crippen LogP contribution is -2.56. The van der Waals surface area contributed by atoms with Gasteiger partial charge >= 0.3 is 0 Å². The van der Waals surface area contributed by atoms with Crippen molar-refractivity contribution in [2.75, 3.05) is 5.75 Å². The molecule has 1 aromatic carbocycles. The Balaban J connectivity index is 2.24. The van der Waals surface area contributed by atoms with Crippen molar-refractivity contribution in [3.05, 3.63) is 35.4 Å². The number of carbonyl (C=O) groups is 2. The molecule has 1 atom stereocenters. The molecule has 8 heteroatoms. The van der Waals surface area contributed by atoms with Crippen molar-refractivity contribution in [2.24, 2.45) is 5.92 Å². The lowest BCUT2D eigenvalue weighted by atomic mass is 9.95. The molecule has 24 heavy (non-hydrogen) atoms. The molecular weight excluding hydrogens is 330 g/mol. The van der Waals surface area contributed by atoms with E-state index in [2.05, 4.69) is 10.9 Å². The highest BCUT2D eigenvalue weighted by Gasteiger charge is 2.38. The number of hydrogen-bond donors (Lipinski definition) is 2. The molecule has 1 aromatic rings. The fourth-order valence-corrected chi connectivity index (χ4v) is 3.76. The van der Waals surface area contributed by atoms with Gasteiger partial charge in [-0.1, -0.05) is 38.1 Å².